The molecular weight excluding hydrogens is 303 g/mol. The van der Waals surface area contributed by atoms with Gasteiger partial charge in [-0.3, -0.25) is 4.79 Å². The Morgan fingerprint density at radius 3 is 2.85 bits per heavy atom. The Hall–Kier alpha value is -1.98. The lowest BCUT2D eigenvalue weighted by atomic mass is 10.2. The van der Waals surface area contributed by atoms with Crippen LogP contribution in [0, 0.1) is 0 Å². The number of rotatable bonds is 4. The van der Waals surface area contributed by atoms with Crippen LogP contribution in [0.15, 0.2) is 40.0 Å². The molecule has 2 aromatic rings. The Kier molecular flexibility index (Phi) is 4.65. The summed E-state index contributed by atoms with van der Waals surface area (Å²) in [5.41, 5.74) is 2.76. The van der Waals surface area contributed by atoms with E-state index in [1.807, 2.05) is 0 Å². The number of halogens is 2. The molecule has 1 heterocycles. The van der Waals surface area contributed by atoms with Gasteiger partial charge in [-0.1, -0.05) is 23.2 Å². The van der Waals surface area contributed by atoms with Crippen molar-refractivity contribution in [3.05, 3.63) is 51.9 Å². The first kappa shape index (κ1) is 14.4. The van der Waals surface area contributed by atoms with E-state index in [-0.39, 0.29) is 5.76 Å². The van der Waals surface area contributed by atoms with Gasteiger partial charge in [-0.05, 0) is 24.3 Å². The van der Waals surface area contributed by atoms with Crippen LogP contribution in [0.1, 0.15) is 16.1 Å². The summed E-state index contributed by atoms with van der Waals surface area (Å²) >= 11 is 12.1. The van der Waals surface area contributed by atoms with Gasteiger partial charge < -0.3 is 9.15 Å². The molecule has 20 heavy (non-hydrogen) atoms. The second kappa shape index (κ2) is 6.45. The van der Waals surface area contributed by atoms with Crippen molar-refractivity contribution >= 4 is 35.3 Å². The van der Waals surface area contributed by atoms with Gasteiger partial charge in [0.2, 0.25) is 0 Å². The number of hydrogen-bond acceptors (Lipinski definition) is 4. The van der Waals surface area contributed by atoms with Crippen molar-refractivity contribution in [2.45, 2.75) is 0 Å². The number of carbonyl (C=O) groups is 1. The number of amides is 1. The molecular formula is C13H10Cl2N2O3. The molecule has 0 aliphatic carbocycles. The molecule has 0 spiro atoms. The minimum Gasteiger partial charge on any atom is -0.495 e. The highest BCUT2D eigenvalue weighted by molar-refractivity contribution is 6.39. The van der Waals surface area contributed by atoms with Gasteiger partial charge in [0.1, 0.15) is 5.75 Å². The topological polar surface area (TPSA) is 63.8 Å². The van der Waals surface area contributed by atoms with Crippen LogP contribution in [-0.2, 0) is 0 Å². The number of benzene rings is 1. The van der Waals surface area contributed by atoms with Crippen molar-refractivity contribution in [1.82, 2.24) is 5.43 Å². The molecule has 7 heteroatoms. The molecule has 104 valence electrons. The zero-order valence-corrected chi connectivity index (χ0v) is 11.9. The first-order valence-electron chi connectivity index (χ1n) is 5.52. The number of ether oxygens (including phenoxy) is 1. The van der Waals surface area contributed by atoms with Crippen molar-refractivity contribution in [2.24, 2.45) is 5.10 Å². The van der Waals surface area contributed by atoms with Crippen molar-refractivity contribution in [3.63, 3.8) is 0 Å². The fourth-order valence-electron chi connectivity index (χ4n) is 1.44. The van der Waals surface area contributed by atoms with Crippen molar-refractivity contribution < 1.29 is 13.9 Å². The van der Waals surface area contributed by atoms with E-state index < -0.39 is 5.91 Å². The maximum Gasteiger partial charge on any atom is 0.307 e. The first-order valence-corrected chi connectivity index (χ1v) is 6.28. The fourth-order valence-corrected chi connectivity index (χ4v) is 1.99. The molecule has 0 unspecified atom stereocenters. The van der Waals surface area contributed by atoms with Crippen molar-refractivity contribution in [3.8, 4) is 5.75 Å². The number of furan rings is 1. The molecule has 1 aromatic carbocycles. The van der Waals surface area contributed by atoms with Gasteiger partial charge in [-0.2, -0.15) is 5.10 Å². The van der Waals surface area contributed by atoms with Crippen molar-refractivity contribution in [1.29, 1.82) is 0 Å². The normalized spacial score (nSPS) is 10.8. The van der Waals surface area contributed by atoms with E-state index in [1.165, 1.54) is 25.7 Å². The van der Waals surface area contributed by atoms with Gasteiger partial charge in [0, 0.05) is 5.56 Å². The number of nitrogens with zero attached hydrogens (tertiary/aromatic N) is 1. The molecule has 0 radical (unpaired) electrons. The molecule has 0 atom stereocenters. The third-order valence-electron chi connectivity index (χ3n) is 2.42. The zero-order chi connectivity index (χ0) is 14.5. The average Bonchev–Trinajstić information content (AvgIpc) is 2.96. The second-order valence-electron chi connectivity index (χ2n) is 3.65. The van der Waals surface area contributed by atoms with Gasteiger partial charge >= 0.3 is 5.91 Å². The Bertz CT molecular complexity index is 639. The van der Waals surface area contributed by atoms with Crippen molar-refractivity contribution in [2.75, 3.05) is 7.11 Å². The Morgan fingerprint density at radius 2 is 2.20 bits per heavy atom. The molecule has 0 bridgehead atoms. The van der Waals surface area contributed by atoms with Crippen LogP contribution in [0.2, 0.25) is 10.0 Å². The third kappa shape index (κ3) is 3.12. The maximum atomic E-state index is 11.6. The van der Waals surface area contributed by atoms with Crippen LogP contribution in [0.5, 0.6) is 5.75 Å². The maximum absolute atomic E-state index is 11.6. The molecule has 1 amide bonds. The summed E-state index contributed by atoms with van der Waals surface area (Å²) in [6, 6.07) is 6.40. The molecule has 0 saturated heterocycles. The molecule has 2 rings (SSSR count). The molecule has 1 N–H and O–H groups in total. The summed E-state index contributed by atoms with van der Waals surface area (Å²) in [5.74, 6) is 0.154. The third-order valence-corrected chi connectivity index (χ3v) is 3.14. The van der Waals surface area contributed by atoms with Crippen LogP contribution in [0.4, 0.5) is 0 Å². The molecule has 5 nitrogen and oxygen atoms in total. The van der Waals surface area contributed by atoms with Crippen LogP contribution in [-0.4, -0.2) is 19.2 Å². The number of carbonyl (C=O) groups excluding carboxylic acids is 1. The number of methoxy groups -OCH3 is 1. The van der Waals surface area contributed by atoms with E-state index in [0.29, 0.717) is 21.4 Å². The fraction of sp³-hybridized carbons (Fsp3) is 0.0769. The summed E-state index contributed by atoms with van der Waals surface area (Å²) < 4.78 is 10.00. The summed E-state index contributed by atoms with van der Waals surface area (Å²) in [6.07, 6.45) is 2.74. The minimum absolute atomic E-state index is 0.157. The quantitative estimate of drug-likeness (QED) is 0.695. The van der Waals surface area contributed by atoms with Crippen LogP contribution in [0.25, 0.3) is 0 Å². The van der Waals surface area contributed by atoms with Crippen LogP contribution in [0.3, 0.4) is 0 Å². The summed E-state index contributed by atoms with van der Waals surface area (Å²) in [6.45, 7) is 0. The van der Waals surface area contributed by atoms with Gasteiger partial charge in [0.25, 0.3) is 0 Å². The summed E-state index contributed by atoms with van der Waals surface area (Å²) in [4.78, 5) is 11.6. The molecule has 0 aliphatic rings. The Morgan fingerprint density at radius 1 is 1.40 bits per heavy atom. The average molecular weight is 313 g/mol. The lowest BCUT2D eigenvalue weighted by molar-refractivity contribution is 0.0927. The zero-order valence-electron chi connectivity index (χ0n) is 10.4. The monoisotopic (exact) mass is 312 g/mol. The van der Waals surface area contributed by atoms with E-state index in [0.717, 1.165) is 0 Å². The van der Waals surface area contributed by atoms with Crippen LogP contribution >= 0.6 is 23.2 Å². The predicted octanol–water partition coefficient (Wildman–Crippen LogP) is 3.36. The molecule has 0 fully saturated rings. The van der Waals surface area contributed by atoms with E-state index in [2.05, 4.69) is 10.5 Å². The number of hydrazone groups is 1. The summed E-state index contributed by atoms with van der Waals surface area (Å²) in [7, 11) is 1.49. The Balaban J connectivity index is 2.14. The standard InChI is InChI=1S/C13H10Cl2N2O3/c1-19-10-5-4-9(14)8(12(10)15)7-16-17-13(18)11-3-2-6-20-11/h2-7H,1H3,(H,17,18)/b16-7-. The van der Waals surface area contributed by atoms with E-state index in [4.69, 9.17) is 32.4 Å². The second-order valence-corrected chi connectivity index (χ2v) is 4.44. The summed E-state index contributed by atoms with van der Waals surface area (Å²) in [5, 5.41) is 4.50. The lowest BCUT2D eigenvalue weighted by Crippen LogP contribution is -2.16. The van der Waals surface area contributed by atoms with Crippen LogP contribution < -0.4 is 10.2 Å². The Labute approximate surface area is 125 Å². The van der Waals surface area contributed by atoms with Gasteiger partial charge in [0.05, 0.1) is 29.6 Å². The largest absolute Gasteiger partial charge is 0.495 e. The van der Waals surface area contributed by atoms with Gasteiger partial charge in [-0.25, -0.2) is 5.43 Å². The van der Waals surface area contributed by atoms with E-state index in [9.17, 15) is 4.79 Å². The first-order chi connectivity index (χ1) is 9.63. The van der Waals surface area contributed by atoms with E-state index in [1.54, 1.807) is 18.2 Å². The minimum atomic E-state index is -0.471. The highest BCUT2D eigenvalue weighted by Crippen LogP contribution is 2.31. The lowest BCUT2D eigenvalue weighted by Gasteiger charge is -2.06. The van der Waals surface area contributed by atoms with Gasteiger partial charge in [-0.15, -0.1) is 0 Å². The number of nitrogens with one attached hydrogen (secondary N) is 1. The molecule has 1 aromatic heterocycles. The number of hydrogen-bond donors (Lipinski definition) is 1. The molecule has 0 aliphatic heterocycles. The van der Waals surface area contributed by atoms with E-state index >= 15 is 0 Å². The smallest absolute Gasteiger partial charge is 0.307 e. The highest BCUT2D eigenvalue weighted by atomic mass is 35.5. The highest BCUT2D eigenvalue weighted by Gasteiger charge is 2.10. The molecule has 0 saturated carbocycles. The SMILES string of the molecule is COc1ccc(Cl)c(/C=N\NC(=O)c2ccco2)c1Cl. The van der Waals surface area contributed by atoms with Gasteiger partial charge in [0.15, 0.2) is 5.76 Å². The predicted molar refractivity (Wildman–Crippen MR) is 76.8 cm³/mol.